The molecule has 0 aliphatic carbocycles. The fraction of sp³-hybridized carbons (Fsp3) is 0.538. The molecule has 7 heteroatoms. The van der Waals surface area contributed by atoms with Crippen LogP contribution >= 0.6 is 0 Å². The lowest BCUT2D eigenvalue weighted by molar-refractivity contribution is -0.384. The first kappa shape index (κ1) is 14.2. The van der Waals surface area contributed by atoms with E-state index >= 15 is 0 Å². The van der Waals surface area contributed by atoms with Gasteiger partial charge in [0.15, 0.2) is 0 Å². The molecule has 20 heavy (non-hydrogen) atoms. The lowest BCUT2D eigenvalue weighted by Gasteiger charge is -2.36. The van der Waals surface area contributed by atoms with Gasteiger partial charge in [0.1, 0.15) is 0 Å². The summed E-state index contributed by atoms with van der Waals surface area (Å²) >= 11 is 0. The summed E-state index contributed by atoms with van der Waals surface area (Å²) in [4.78, 5) is 27.8. The number of anilines is 1. The van der Waals surface area contributed by atoms with Crippen LogP contribution in [0, 0.1) is 23.0 Å². The number of nitrogens with zero attached hydrogens (tertiary/aromatic N) is 3. The monoisotopic (exact) mass is 279 g/mol. The number of piperidine rings is 1. The maximum atomic E-state index is 11.2. The number of carboxylic acids is 1. The van der Waals surface area contributed by atoms with Gasteiger partial charge in [-0.15, -0.1) is 0 Å². The van der Waals surface area contributed by atoms with Crippen LogP contribution < -0.4 is 4.90 Å². The molecule has 1 saturated heterocycles. The molecule has 2 rings (SSSR count). The van der Waals surface area contributed by atoms with E-state index in [1.165, 1.54) is 0 Å². The lowest BCUT2D eigenvalue weighted by atomic mass is 9.91. The minimum atomic E-state index is -0.803. The molecule has 7 nitrogen and oxygen atoms in total. The minimum Gasteiger partial charge on any atom is -0.481 e. The van der Waals surface area contributed by atoms with Gasteiger partial charge in [-0.1, -0.05) is 0 Å². The second-order valence-corrected chi connectivity index (χ2v) is 5.16. The van der Waals surface area contributed by atoms with Crippen LogP contribution in [-0.4, -0.2) is 33.6 Å². The van der Waals surface area contributed by atoms with Crippen molar-refractivity contribution in [1.82, 2.24) is 4.98 Å². The third-order valence-corrected chi connectivity index (χ3v) is 3.79. The van der Waals surface area contributed by atoms with Crippen molar-refractivity contribution in [1.29, 1.82) is 0 Å². The van der Waals surface area contributed by atoms with Gasteiger partial charge >= 0.3 is 11.7 Å². The van der Waals surface area contributed by atoms with Gasteiger partial charge in [0.25, 0.3) is 0 Å². The summed E-state index contributed by atoms with van der Waals surface area (Å²) < 4.78 is 0. The normalized spacial score (nSPS) is 22.6. The third kappa shape index (κ3) is 2.56. The van der Waals surface area contributed by atoms with Crippen LogP contribution in [0.25, 0.3) is 0 Å². The fourth-order valence-electron chi connectivity index (χ4n) is 2.68. The zero-order chi connectivity index (χ0) is 14.9. The van der Waals surface area contributed by atoms with Crippen LogP contribution in [0.1, 0.15) is 25.3 Å². The van der Waals surface area contributed by atoms with E-state index in [1.807, 2.05) is 11.8 Å². The fourth-order valence-corrected chi connectivity index (χ4v) is 2.68. The van der Waals surface area contributed by atoms with E-state index in [-0.39, 0.29) is 17.6 Å². The number of carbonyl (C=O) groups is 1. The minimum absolute atomic E-state index is 0.00752. The summed E-state index contributed by atoms with van der Waals surface area (Å²) in [5.74, 6) is -0.848. The Morgan fingerprint density at radius 3 is 2.85 bits per heavy atom. The maximum Gasteiger partial charge on any atom is 0.314 e. The summed E-state index contributed by atoms with van der Waals surface area (Å²) in [6, 6.07) is 1.52. The lowest BCUT2D eigenvalue weighted by Crippen LogP contribution is -2.43. The number of rotatable bonds is 3. The third-order valence-electron chi connectivity index (χ3n) is 3.79. The number of nitro groups is 1. The molecule has 1 aliphatic rings. The highest BCUT2D eigenvalue weighted by Gasteiger charge is 2.34. The quantitative estimate of drug-likeness (QED) is 0.671. The van der Waals surface area contributed by atoms with Crippen molar-refractivity contribution < 1.29 is 14.8 Å². The largest absolute Gasteiger partial charge is 0.481 e. The molecule has 1 N–H and O–H groups in total. The van der Waals surface area contributed by atoms with Crippen LogP contribution in [0.3, 0.4) is 0 Å². The number of hydrogen-bond acceptors (Lipinski definition) is 5. The van der Waals surface area contributed by atoms with Gasteiger partial charge in [-0.05, 0) is 32.8 Å². The van der Waals surface area contributed by atoms with Crippen LogP contribution in [0.4, 0.5) is 11.5 Å². The van der Waals surface area contributed by atoms with E-state index in [2.05, 4.69) is 4.98 Å². The van der Waals surface area contributed by atoms with Crippen molar-refractivity contribution in [3.05, 3.63) is 27.9 Å². The highest BCUT2D eigenvalue weighted by atomic mass is 16.6. The Kier molecular flexibility index (Phi) is 3.87. The number of aryl methyl sites for hydroxylation is 1. The van der Waals surface area contributed by atoms with Crippen molar-refractivity contribution in [3.8, 4) is 0 Å². The van der Waals surface area contributed by atoms with Crippen LogP contribution in [0.5, 0.6) is 0 Å². The molecule has 108 valence electrons. The smallest absolute Gasteiger partial charge is 0.314 e. The summed E-state index contributed by atoms with van der Waals surface area (Å²) in [7, 11) is 0. The maximum absolute atomic E-state index is 11.2. The molecule has 2 unspecified atom stereocenters. The summed E-state index contributed by atoms with van der Waals surface area (Å²) in [6.07, 6.45) is 2.50. The van der Waals surface area contributed by atoms with E-state index in [4.69, 9.17) is 5.11 Å². The Labute approximate surface area is 116 Å². The van der Waals surface area contributed by atoms with Crippen LogP contribution in [-0.2, 0) is 4.79 Å². The Morgan fingerprint density at radius 2 is 2.30 bits per heavy atom. The summed E-state index contributed by atoms with van der Waals surface area (Å²) in [5, 5.41) is 20.3. The van der Waals surface area contributed by atoms with Crippen molar-refractivity contribution in [2.45, 2.75) is 32.7 Å². The van der Waals surface area contributed by atoms with Crippen molar-refractivity contribution >= 4 is 17.5 Å². The molecule has 0 saturated carbocycles. The van der Waals surface area contributed by atoms with Gasteiger partial charge in [0.05, 0.1) is 10.8 Å². The summed E-state index contributed by atoms with van der Waals surface area (Å²) in [5.41, 5.74) is 0.570. The molecule has 2 heterocycles. The van der Waals surface area contributed by atoms with E-state index in [0.29, 0.717) is 30.8 Å². The zero-order valence-corrected chi connectivity index (χ0v) is 11.4. The van der Waals surface area contributed by atoms with Crippen molar-refractivity contribution in [2.75, 3.05) is 11.4 Å². The van der Waals surface area contributed by atoms with Gasteiger partial charge in [-0.25, -0.2) is 4.98 Å². The Hall–Kier alpha value is -2.18. The van der Waals surface area contributed by atoms with Gasteiger partial charge in [0.2, 0.25) is 5.82 Å². The molecule has 0 aromatic carbocycles. The Balaban J connectivity index is 2.32. The first-order valence-corrected chi connectivity index (χ1v) is 6.51. The topological polar surface area (TPSA) is 96.6 Å². The number of hydrogen-bond donors (Lipinski definition) is 1. The highest BCUT2D eigenvalue weighted by molar-refractivity contribution is 5.71. The number of aliphatic carboxylic acids is 1. The Bertz CT molecular complexity index is 546. The zero-order valence-electron chi connectivity index (χ0n) is 11.4. The molecule has 2 atom stereocenters. The standard InChI is InChI=1S/C13H17N3O4/c1-8-3-5-14-12(11(8)16(19)20)15-6-4-10(13(17)18)7-9(15)2/h3,5,9-10H,4,6-7H2,1-2H3,(H,17,18). The predicted octanol–water partition coefficient (Wildman–Crippen LogP) is 1.99. The molecule has 0 radical (unpaired) electrons. The first-order valence-electron chi connectivity index (χ1n) is 6.51. The number of aromatic nitrogens is 1. The number of carboxylic acid groups (broad SMARTS) is 1. The molecule has 1 aromatic rings. The Morgan fingerprint density at radius 1 is 1.60 bits per heavy atom. The van der Waals surface area contributed by atoms with Gasteiger partial charge < -0.3 is 10.0 Å². The predicted molar refractivity (Wildman–Crippen MR) is 72.8 cm³/mol. The van der Waals surface area contributed by atoms with Crippen LogP contribution in [0.15, 0.2) is 12.3 Å². The van der Waals surface area contributed by atoms with Crippen LogP contribution in [0.2, 0.25) is 0 Å². The second kappa shape index (κ2) is 5.44. The molecule has 0 bridgehead atoms. The molecule has 0 amide bonds. The number of pyridine rings is 1. The van der Waals surface area contributed by atoms with E-state index in [9.17, 15) is 14.9 Å². The summed E-state index contributed by atoms with van der Waals surface area (Å²) in [6.45, 7) is 4.02. The van der Waals surface area contributed by atoms with Gasteiger partial charge in [-0.2, -0.15) is 0 Å². The molecular weight excluding hydrogens is 262 g/mol. The first-order chi connectivity index (χ1) is 9.41. The van der Waals surface area contributed by atoms with Crippen molar-refractivity contribution in [3.63, 3.8) is 0 Å². The average Bonchev–Trinajstić information content (AvgIpc) is 2.37. The molecule has 1 fully saturated rings. The molecule has 1 aromatic heterocycles. The van der Waals surface area contributed by atoms with E-state index in [0.717, 1.165) is 0 Å². The molecular formula is C13H17N3O4. The molecule has 1 aliphatic heterocycles. The van der Waals surface area contributed by atoms with Gasteiger partial charge in [0, 0.05) is 24.3 Å². The SMILES string of the molecule is Cc1ccnc(N2CCC(C(=O)O)CC2C)c1[N+](=O)[O-]. The highest BCUT2D eigenvalue weighted by Crippen LogP contribution is 2.34. The second-order valence-electron chi connectivity index (χ2n) is 5.16. The van der Waals surface area contributed by atoms with Crippen molar-refractivity contribution in [2.24, 2.45) is 5.92 Å². The van der Waals surface area contributed by atoms with E-state index in [1.54, 1.807) is 19.2 Å². The van der Waals surface area contributed by atoms with E-state index < -0.39 is 10.9 Å². The molecule has 0 spiro atoms. The average molecular weight is 279 g/mol. The van der Waals surface area contributed by atoms with Gasteiger partial charge in [-0.3, -0.25) is 14.9 Å².